The zero-order chi connectivity index (χ0) is 13.7. The van der Waals surface area contributed by atoms with Gasteiger partial charge in [-0.25, -0.2) is 4.98 Å². The molecule has 3 nitrogen and oxygen atoms in total. The fourth-order valence-corrected chi connectivity index (χ4v) is 2.84. The molecule has 0 fully saturated rings. The van der Waals surface area contributed by atoms with Gasteiger partial charge in [0.05, 0.1) is 11.9 Å². The van der Waals surface area contributed by atoms with E-state index in [2.05, 4.69) is 41.5 Å². The minimum absolute atomic E-state index is 0.677. The summed E-state index contributed by atoms with van der Waals surface area (Å²) in [5, 5.41) is 4.01. The van der Waals surface area contributed by atoms with Crippen molar-refractivity contribution in [3.05, 3.63) is 47.0 Å². The Hall–Kier alpha value is -0.970. The molecule has 1 N–H and O–H groups in total. The molecule has 5 heteroatoms. The summed E-state index contributed by atoms with van der Waals surface area (Å²) in [7, 11) is 1.94. The highest BCUT2D eigenvalue weighted by Gasteiger charge is 2.05. The first-order valence-corrected chi connectivity index (χ1v) is 7.65. The van der Waals surface area contributed by atoms with Crippen molar-refractivity contribution in [3.63, 3.8) is 0 Å². The van der Waals surface area contributed by atoms with E-state index in [4.69, 9.17) is 11.6 Å². The molecule has 0 aliphatic heterocycles. The van der Waals surface area contributed by atoms with Crippen LogP contribution in [0.15, 0.2) is 35.4 Å². The summed E-state index contributed by atoms with van der Waals surface area (Å²) in [6, 6.07) is 8.59. The van der Waals surface area contributed by atoms with E-state index >= 15 is 0 Å². The van der Waals surface area contributed by atoms with Crippen LogP contribution in [0.4, 0.5) is 0 Å². The lowest BCUT2D eigenvalue weighted by Gasteiger charge is -2.06. The van der Waals surface area contributed by atoms with Crippen molar-refractivity contribution < 1.29 is 0 Å². The van der Waals surface area contributed by atoms with Crippen LogP contribution >= 0.6 is 23.4 Å². The molecular formula is C14H18ClN3S. The van der Waals surface area contributed by atoms with E-state index in [0.29, 0.717) is 5.15 Å². The van der Waals surface area contributed by atoms with Gasteiger partial charge in [0.1, 0.15) is 11.0 Å². The summed E-state index contributed by atoms with van der Waals surface area (Å²) < 4.78 is 1.91. The maximum Gasteiger partial charge on any atom is 0.128 e. The average molecular weight is 296 g/mol. The smallest absolute Gasteiger partial charge is 0.128 e. The van der Waals surface area contributed by atoms with Crippen LogP contribution < -0.4 is 5.32 Å². The third-order valence-electron chi connectivity index (χ3n) is 2.87. The molecule has 0 spiro atoms. The van der Waals surface area contributed by atoms with Gasteiger partial charge in [-0.05, 0) is 24.2 Å². The lowest BCUT2D eigenvalue weighted by Crippen LogP contribution is -2.11. The normalized spacial score (nSPS) is 10.9. The van der Waals surface area contributed by atoms with Crippen LogP contribution in [-0.2, 0) is 19.3 Å². The predicted octanol–water partition coefficient (Wildman–Crippen LogP) is 3.48. The van der Waals surface area contributed by atoms with Gasteiger partial charge in [-0.3, -0.25) is 0 Å². The lowest BCUT2D eigenvalue weighted by atomic mass is 10.2. The Morgan fingerprint density at radius 3 is 2.95 bits per heavy atom. The molecule has 0 amide bonds. The van der Waals surface area contributed by atoms with Gasteiger partial charge in [0.15, 0.2) is 0 Å². The Morgan fingerprint density at radius 2 is 2.26 bits per heavy atom. The van der Waals surface area contributed by atoms with Gasteiger partial charge in [-0.15, -0.1) is 11.8 Å². The van der Waals surface area contributed by atoms with E-state index in [-0.39, 0.29) is 0 Å². The molecule has 19 heavy (non-hydrogen) atoms. The monoisotopic (exact) mass is 295 g/mol. The lowest BCUT2D eigenvalue weighted by molar-refractivity contribution is 0.725. The van der Waals surface area contributed by atoms with E-state index in [9.17, 15) is 0 Å². The topological polar surface area (TPSA) is 29.9 Å². The zero-order valence-corrected chi connectivity index (χ0v) is 12.8. The van der Waals surface area contributed by atoms with Crippen LogP contribution in [0.25, 0.3) is 0 Å². The van der Waals surface area contributed by atoms with Gasteiger partial charge in [0.2, 0.25) is 0 Å². The summed E-state index contributed by atoms with van der Waals surface area (Å²) in [5.74, 6) is 1.82. The molecule has 0 bridgehead atoms. The summed E-state index contributed by atoms with van der Waals surface area (Å²) >= 11 is 7.76. The fourth-order valence-electron chi connectivity index (χ4n) is 1.72. The minimum Gasteiger partial charge on any atom is -0.322 e. The standard InChI is InChI=1S/C14H18ClN3S/c1-3-16-8-11-5-4-6-12(7-11)19-10-14-17-9-13(15)18(14)2/h4-7,9,16H,3,8,10H2,1-2H3. The summed E-state index contributed by atoms with van der Waals surface area (Å²) in [6.45, 7) is 4.02. The highest BCUT2D eigenvalue weighted by atomic mass is 35.5. The SMILES string of the molecule is CCNCc1cccc(SCc2ncc(Cl)n2C)c1. The van der Waals surface area contributed by atoms with Gasteiger partial charge in [-0.2, -0.15) is 0 Å². The highest BCUT2D eigenvalue weighted by molar-refractivity contribution is 7.98. The number of nitrogens with one attached hydrogen (secondary N) is 1. The van der Waals surface area contributed by atoms with Crippen LogP contribution in [-0.4, -0.2) is 16.1 Å². The number of nitrogens with zero attached hydrogens (tertiary/aromatic N) is 2. The van der Waals surface area contributed by atoms with Crippen LogP contribution in [0.3, 0.4) is 0 Å². The molecule has 0 unspecified atom stereocenters. The van der Waals surface area contributed by atoms with Crippen molar-refractivity contribution >= 4 is 23.4 Å². The van der Waals surface area contributed by atoms with Crippen molar-refractivity contribution in [3.8, 4) is 0 Å². The van der Waals surface area contributed by atoms with Crippen molar-refractivity contribution in [1.29, 1.82) is 0 Å². The molecule has 1 aromatic heterocycles. The molecule has 0 aliphatic carbocycles. The quantitative estimate of drug-likeness (QED) is 0.828. The Bertz CT molecular complexity index is 539. The summed E-state index contributed by atoms with van der Waals surface area (Å²) in [6.07, 6.45) is 1.69. The molecule has 1 heterocycles. The molecule has 0 saturated carbocycles. The van der Waals surface area contributed by atoms with E-state index in [1.165, 1.54) is 10.5 Å². The number of aromatic nitrogens is 2. The second-order valence-electron chi connectivity index (χ2n) is 4.27. The Balaban J connectivity index is 1.97. The van der Waals surface area contributed by atoms with E-state index < -0.39 is 0 Å². The first kappa shape index (κ1) is 14.4. The third-order valence-corrected chi connectivity index (χ3v) is 4.21. The molecule has 0 aliphatic rings. The fraction of sp³-hybridized carbons (Fsp3) is 0.357. The number of imidazole rings is 1. The van der Waals surface area contributed by atoms with Gasteiger partial charge in [0.25, 0.3) is 0 Å². The first-order valence-electron chi connectivity index (χ1n) is 6.29. The van der Waals surface area contributed by atoms with Gasteiger partial charge < -0.3 is 9.88 Å². The number of halogens is 1. The first-order chi connectivity index (χ1) is 9.20. The largest absolute Gasteiger partial charge is 0.322 e. The highest BCUT2D eigenvalue weighted by Crippen LogP contribution is 2.24. The van der Waals surface area contributed by atoms with E-state index in [1.807, 2.05) is 11.6 Å². The van der Waals surface area contributed by atoms with Crippen LogP contribution in [0.5, 0.6) is 0 Å². The Kier molecular flexibility index (Phi) is 5.31. The Morgan fingerprint density at radius 1 is 1.42 bits per heavy atom. The summed E-state index contributed by atoms with van der Waals surface area (Å²) in [5.41, 5.74) is 1.31. The summed E-state index contributed by atoms with van der Waals surface area (Å²) in [4.78, 5) is 5.56. The van der Waals surface area contributed by atoms with Gasteiger partial charge >= 0.3 is 0 Å². The number of rotatable bonds is 6. The predicted molar refractivity (Wildman–Crippen MR) is 81.6 cm³/mol. The maximum atomic E-state index is 5.98. The molecule has 0 saturated heterocycles. The minimum atomic E-state index is 0.677. The second-order valence-corrected chi connectivity index (χ2v) is 5.71. The number of hydrogen-bond acceptors (Lipinski definition) is 3. The number of thioether (sulfide) groups is 1. The third kappa shape index (κ3) is 4.00. The van der Waals surface area contributed by atoms with E-state index in [0.717, 1.165) is 24.7 Å². The maximum absolute atomic E-state index is 5.98. The van der Waals surface area contributed by atoms with Crippen molar-refractivity contribution in [1.82, 2.24) is 14.9 Å². The molecular weight excluding hydrogens is 278 g/mol. The van der Waals surface area contributed by atoms with Crippen LogP contribution in [0.1, 0.15) is 18.3 Å². The Labute approximate surface area is 123 Å². The zero-order valence-electron chi connectivity index (χ0n) is 11.2. The van der Waals surface area contributed by atoms with E-state index in [1.54, 1.807) is 18.0 Å². The molecule has 0 atom stereocenters. The molecule has 2 aromatic rings. The molecule has 1 aromatic carbocycles. The van der Waals surface area contributed by atoms with Crippen LogP contribution in [0, 0.1) is 0 Å². The second kappa shape index (κ2) is 6.98. The van der Waals surface area contributed by atoms with Gasteiger partial charge in [-0.1, -0.05) is 30.7 Å². The number of hydrogen-bond donors (Lipinski definition) is 1. The average Bonchev–Trinajstić information content (AvgIpc) is 2.75. The van der Waals surface area contributed by atoms with Crippen molar-refractivity contribution in [2.24, 2.45) is 7.05 Å². The van der Waals surface area contributed by atoms with Crippen molar-refractivity contribution in [2.75, 3.05) is 6.54 Å². The van der Waals surface area contributed by atoms with Crippen LogP contribution in [0.2, 0.25) is 5.15 Å². The molecule has 0 radical (unpaired) electrons. The van der Waals surface area contributed by atoms with Gasteiger partial charge in [0, 0.05) is 18.5 Å². The molecule has 102 valence electrons. The number of benzene rings is 1. The molecule has 2 rings (SSSR count). The van der Waals surface area contributed by atoms with Crippen molar-refractivity contribution in [2.45, 2.75) is 24.1 Å².